The van der Waals surface area contributed by atoms with Crippen molar-refractivity contribution in [2.45, 2.75) is 26.9 Å². The molecule has 13 heavy (non-hydrogen) atoms. The van der Waals surface area contributed by atoms with Crippen molar-refractivity contribution in [3.63, 3.8) is 0 Å². The highest BCUT2D eigenvalue weighted by atomic mass is 16.5. The Hall–Kier alpha value is -1.02. The molecule has 0 amide bonds. The van der Waals surface area contributed by atoms with Gasteiger partial charge in [-0.3, -0.25) is 0 Å². The van der Waals surface area contributed by atoms with Gasteiger partial charge in [0.25, 0.3) is 0 Å². The van der Waals surface area contributed by atoms with Gasteiger partial charge in [0.15, 0.2) is 0 Å². The number of phenolic OH excluding ortho intramolecular Hbond substituents is 1. The lowest BCUT2D eigenvalue weighted by Gasteiger charge is -2.04. The number of aryl methyl sites for hydroxylation is 1. The van der Waals surface area contributed by atoms with Gasteiger partial charge in [0.1, 0.15) is 5.75 Å². The van der Waals surface area contributed by atoms with Crippen molar-refractivity contribution >= 4 is 0 Å². The molecule has 0 heterocycles. The van der Waals surface area contributed by atoms with E-state index in [0.717, 1.165) is 24.2 Å². The van der Waals surface area contributed by atoms with Gasteiger partial charge in [0, 0.05) is 6.61 Å². The first-order chi connectivity index (χ1) is 6.24. The van der Waals surface area contributed by atoms with Crippen LogP contribution in [0.1, 0.15) is 24.5 Å². The molecular formula is C11H16O2. The van der Waals surface area contributed by atoms with Gasteiger partial charge in [0.2, 0.25) is 0 Å². The third-order valence-electron chi connectivity index (χ3n) is 1.89. The molecule has 2 nitrogen and oxygen atoms in total. The van der Waals surface area contributed by atoms with E-state index in [9.17, 15) is 5.11 Å². The lowest BCUT2D eigenvalue weighted by atomic mass is 10.1. The minimum absolute atomic E-state index is 0.345. The fourth-order valence-electron chi connectivity index (χ4n) is 1.08. The summed E-state index contributed by atoms with van der Waals surface area (Å²) < 4.78 is 5.35. The van der Waals surface area contributed by atoms with Crippen molar-refractivity contribution in [2.75, 3.05) is 6.61 Å². The molecule has 0 atom stereocenters. The van der Waals surface area contributed by atoms with Crippen LogP contribution < -0.4 is 0 Å². The van der Waals surface area contributed by atoms with E-state index in [1.54, 1.807) is 6.07 Å². The molecule has 1 aromatic rings. The standard InChI is InChI=1S/C11H16O2/c1-3-6-13-8-10-5-4-9(2)11(12)7-10/h4-5,7,12H,3,6,8H2,1-2H3. The molecule has 1 rings (SSSR count). The van der Waals surface area contributed by atoms with Gasteiger partial charge in [-0.25, -0.2) is 0 Å². The zero-order valence-electron chi connectivity index (χ0n) is 8.21. The molecule has 0 fully saturated rings. The Bertz CT molecular complexity index is 269. The van der Waals surface area contributed by atoms with Crippen LogP contribution in [0.4, 0.5) is 0 Å². The van der Waals surface area contributed by atoms with E-state index in [2.05, 4.69) is 6.92 Å². The number of ether oxygens (including phenoxy) is 1. The molecule has 0 aromatic heterocycles. The van der Waals surface area contributed by atoms with E-state index in [1.807, 2.05) is 19.1 Å². The maximum atomic E-state index is 9.40. The number of phenols is 1. The Balaban J connectivity index is 2.53. The number of hydrogen-bond donors (Lipinski definition) is 1. The SMILES string of the molecule is CCCOCc1ccc(C)c(O)c1. The molecule has 1 aromatic carbocycles. The van der Waals surface area contributed by atoms with Gasteiger partial charge in [-0.15, -0.1) is 0 Å². The molecule has 0 radical (unpaired) electrons. The average molecular weight is 180 g/mol. The lowest BCUT2D eigenvalue weighted by molar-refractivity contribution is 0.121. The summed E-state index contributed by atoms with van der Waals surface area (Å²) in [5.74, 6) is 0.345. The zero-order chi connectivity index (χ0) is 9.68. The summed E-state index contributed by atoms with van der Waals surface area (Å²) >= 11 is 0. The van der Waals surface area contributed by atoms with Crippen LogP contribution in [0.5, 0.6) is 5.75 Å². The van der Waals surface area contributed by atoms with Crippen LogP contribution in [0.3, 0.4) is 0 Å². The zero-order valence-corrected chi connectivity index (χ0v) is 8.21. The van der Waals surface area contributed by atoms with Crippen molar-refractivity contribution in [1.29, 1.82) is 0 Å². The first kappa shape index (κ1) is 10.1. The first-order valence-electron chi connectivity index (χ1n) is 4.60. The average Bonchev–Trinajstić information content (AvgIpc) is 2.12. The molecule has 0 aliphatic heterocycles. The maximum absolute atomic E-state index is 9.40. The number of rotatable bonds is 4. The smallest absolute Gasteiger partial charge is 0.118 e. The highest BCUT2D eigenvalue weighted by Gasteiger charge is 1.97. The lowest BCUT2D eigenvalue weighted by Crippen LogP contribution is -1.93. The Morgan fingerprint density at radius 2 is 2.15 bits per heavy atom. The fourth-order valence-corrected chi connectivity index (χ4v) is 1.08. The summed E-state index contributed by atoms with van der Waals surface area (Å²) in [5, 5.41) is 9.40. The summed E-state index contributed by atoms with van der Waals surface area (Å²) in [7, 11) is 0. The quantitative estimate of drug-likeness (QED) is 0.722. The second-order valence-corrected chi connectivity index (χ2v) is 3.17. The Morgan fingerprint density at radius 3 is 2.77 bits per heavy atom. The van der Waals surface area contributed by atoms with E-state index >= 15 is 0 Å². The van der Waals surface area contributed by atoms with Crippen molar-refractivity contribution in [2.24, 2.45) is 0 Å². The van der Waals surface area contributed by atoms with Crippen LogP contribution >= 0.6 is 0 Å². The van der Waals surface area contributed by atoms with Crippen molar-refractivity contribution < 1.29 is 9.84 Å². The van der Waals surface area contributed by atoms with Crippen LogP contribution in [0, 0.1) is 6.92 Å². The highest BCUT2D eigenvalue weighted by Crippen LogP contribution is 2.17. The number of aromatic hydroxyl groups is 1. The van der Waals surface area contributed by atoms with Crippen LogP contribution in [0.25, 0.3) is 0 Å². The monoisotopic (exact) mass is 180 g/mol. The van der Waals surface area contributed by atoms with Gasteiger partial charge < -0.3 is 9.84 Å². The predicted molar refractivity (Wildman–Crippen MR) is 52.8 cm³/mol. The fraction of sp³-hybridized carbons (Fsp3) is 0.455. The molecule has 0 aliphatic carbocycles. The summed E-state index contributed by atoms with van der Waals surface area (Å²) in [4.78, 5) is 0. The molecule has 0 saturated heterocycles. The van der Waals surface area contributed by atoms with Crippen LogP contribution in [-0.2, 0) is 11.3 Å². The van der Waals surface area contributed by atoms with E-state index in [1.165, 1.54) is 0 Å². The van der Waals surface area contributed by atoms with Gasteiger partial charge in [-0.1, -0.05) is 19.1 Å². The molecule has 0 saturated carbocycles. The highest BCUT2D eigenvalue weighted by molar-refractivity contribution is 5.34. The summed E-state index contributed by atoms with van der Waals surface area (Å²) in [5.41, 5.74) is 1.93. The molecule has 0 unspecified atom stereocenters. The predicted octanol–water partition coefficient (Wildman–Crippen LogP) is 2.63. The minimum atomic E-state index is 0.345. The van der Waals surface area contributed by atoms with Crippen LogP contribution in [0.2, 0.25) is 0 Å². The van der Waals surface area contributed by atoms with Gasteiger partial charge in [0.05, 0.1) is 6.61 Å². The van der Waals surface area contributed by atoms with Crippen LogP contribution in [0.15, 0.2) is 18.2 Å². The van der Waals surface area contributed by atoms with Crippen molar-refractivity contribution in [3.8, 4) is 5.75 Å². The minimum Gasteiger partial charge on any atom is -0.508 e. The third kappa shape index (κ3) is 3.07. The summed E-state index contributed by atoms with van der Waals surface area (Å²) in [6, 6.07) is 5.63. The number of hydrogen-bond acceptors (Lipinski definition) is 2. The topological polar surface area (TPSA) is 29.5 Å². The summed E-state index contributed by atoms with van der Waals surface area (Å²) in [6.45, 7) is 5.31. The van der Waals surface area contributed by atoms with E-state index in [0.29, 0.717) is 12.4 Å². The van der Waals surface area contributed by atoms with Gasteiger partial charge in [-0.2, -0.15) is 0 Å². The molecule has 72 valence electrons. The number of benzene rings is 1. The maximum Gasteiger partial charge on any atom is 0.118 e. The third-order valence-corrected chi connectivity index (χ3v) is 1.89. The van der Waals surface area contributed by atoms with Crippen molar-refractivity contribution in [3.05, 3.63) is 29.3 Å². The Labute approximate surface area is 79.2 Å². The molecule has 0 bridgehead atoms. The Morgan fingerprint density at radius 1 is 1.38 bits per heavy atom. The first-order valence-corrected chi connectivity index (χ1v) is 4.60. The largest absolute Gasteiger partial charge is 0.508 e. The van der Waals surface area contributed by atoms with Crippen molar-refractivity contribution in [1.82, 2.24) is 0 Å². The molecule has 0 spiro atoms. The van der Waals surface area contributed by atoms with E-state index in [-0.39, 0.29) is 0 Å². The normalized spacial score (nSPS) is 10.3. The van der Waals surface area contributed by atoms with E-state index in [4.69, 9.17) is 4.74 Å². The molecule has 1 N–H and O–H groups in total. The molecule has 0 aliphatic rings. The summed E-state index contributed by atoms with van der Waals surface area (Å²) in [6.07, 6.45) is 1.03. The second-order valence-electron chi connectivity index (χ2n) is 3.17. The van der Waals surface area contributed by atoms with E-state index < -0.39 is 0 Å². The van der Waals surface area contributed by atoms with Crippen LogP contribution in [-0.4, -0.2) is 11.7 Å². The van der Waals surface area contributed by atoms with Gasteiger partial charge in [-0.05, 0) is 30.5 Å². The Kier molecular flexibility index (Phi) is 3.77. The molecule has 2 heteroatoms. The van der Waals surface area contributed by atoms with Gasteiger partial charge >= 0.3 is 0 Å². The second kappa shape index (κ2) is 4.87. The molecular weight excluding hydrogens is 164 g/mol.